The van der Waals surface area contributed by atoms with Crippen molar-refractivity contribution in [2.24, 2.45) is 5.92 Å². The number of likely N-dealkylation sites (tertiary alicyclic amines) is 1. The first-order chi connectivity index (χ1) is 7.29. The van der Waals surface area contributed by atoms with Crippen LogP contribution in [0.2, 0.25) is 0 Å². The summed E-state index contributed by atoms with van der Waals surface area (Å²) in [5.41, 5.74) is 0. The van der Waals surface area contributed by atoms with Gasteiger partial charge in [0.05, 0.1) is 12.6 Å². The fourth-order valence-corrected chi connectivity index (χ4v) is 2.08. The zero-order chi connectivity index (χ0) is 10.7. The van der Waals surface area contributed by atoms with Gasteiger partial charge in [0, 0.05) is 32.2 Å². The van der Waals surface area contributed by atoms with Crippen molar-refractivity contribution in [3.05, 3.63) is 0 Å². The number of hydrogen-bond acceptors (Lipinski definition) is 3. The Kier molecular flexibility index (Phi) is 3.43. The second-order valence-corrected chi connectivity index (χ2v) is 4.29. The average Bonchev–Trinajstić information content (AvgIpc) is 2.86. The van der Waals surface area contributed by atoms with Gasteiger partial charge in [-0.25, -0.2) is 4.79 Å². The van der Waals surface area contributed by atoms with Gasteiger partial charge < -0.3 is 20.1 Å². The van der Waals surface area contributed by atoms with Crippen molar-refractivity contribution in [2.45, 2.75) is 18.9 Å². The number of aliphatic hydroxyl groups is 1. The lowest BCUT2D eigenvalue weighted by atomic mass is 10.1. The largest absolute Gasteiger partial charge is 0.396 e. The molecule has 2 saturated heterocycles. The van der Waals surface area contributed by atoms with Crippen LogP contribution in [0.25, 0.3) is 0 Å². The number of urea groups is 1. The minimum Gasteiger partial charge on any atom is -0.396 e. The summed E-state index contributed by atoms with van der Waals surface area (Å²) in [6, 6.07) is 0.159. The van der Waals surface area contributed by atoms with Crippen LogP contribution < -0.4 is 5.32 Å². The van der Waals surface area contributed by atoms with Crippen molar-refractivity contribution in [3.8, 4) is 0 Å². The molecule has 0 aromatic heterocycles. The smallest absolute Gasteiger partial charge is 0.317 e. The van der Waals surface area contributed by atoms with Crippen LogP contribution in [0.4, 0.5) is 4.79 Å². The minimum absolute atomic E-state index is 0.0125. The first kappa shape index (κ1) is 10.7. The molecule has 0 aromatic rings. The summed E-state index contributed by atoms with van der Waals surface area (Å²) in [7, 11) is 0. The fourth-order valence-electron chi connectivity index (χ4n) is 2.08. The van der Waals surface area contributed by atoms with E-state index in [1.807, 2.05) is 0 Å². The van der Waals surface area contributed by atoms with Gasteiger partial charge in [0.25, 0.3) is 0 Å². The Labute approximate surface area is 89.4 Å². The zero-order valence-corrected chi connectivity index (χ0v) is 8.82. The summed E-state index contributed by atoms with van der Waals surface area (Å²) >= 11 is 0. The van der Waals surface area contributed by atoms with E-state index in [0.717, 1.165) is 26.0 Å². The van der Waals surface area contributed by atoms with Gasteiger partial charge in [-0.2, -0.15) is 0 Å². The number of carbonyl (C=O) groups excluding carboxylic acids is 1. The number of amides is 2. The second-order valence-electron chi connectivity index (χ2n) is 4.29. The summed E-state index contributed by atoms with van der Waals surface area (Å²) in [6.07, 6.45) is 1.81. The molecule has 0 radical (unpaired) electrons. The number of rotatable bonds is 2. The van der Waals surface area contributed by atoms with Gasteiger partial charge in [-0.3, -0.25) is 0 Å². The molecule has 2 N–H and O–H groups in total. The molecule has 2 rings (SSSR count). The topological polar surface area (TPSA) is 61.8 Å². The van der Waals surface area contributed by atoms with Crippen molar-refractivity contribution in [1.82, 2.24) is 10.2 Å². The molecule has 2 amide bonds. The third-order valence-electron chi connectivity index (χ3n) is 3.09. The molecule has 2 aliphatic rings. The Morgan fingerprint density at radius 3 is 3.00 bits per heavy atom. The van der Waals surface area contributed by atoms with Crippen molar-refractivity contribution in [2.75, 3.05) is 32.9 Å². The number of carbonyl (C=O) groups is 1. The molecule has 5 nitrogen and oxygen atoms in total. The van der Waals surface area contributed by atoms with E-state index in [0.29, 0.717) is 13.2 Å². The van der Waals surface area contributed by atoms with Crippen LogP contribution in [-0.2, 0) is 4.74 Å². The molecule has 5 heteroatoms. The van der Waals surface area contributed by atoms with E-state index in [4.69, 9.17) is 9.84 Å². The fraction of sp³-hybridized carbons (Fsp3) is 0.900. The number of ether oxygens (including phenoxy) is 1. The van der Waals surface area contributed by atoms with Crippen molar-refractivity contribution < 1.29 is 14.6 Å². The van der Waals surface area contributed by atoms with E-state index in [2.05, 4.69) is 5.32 Å². The van der Waals surface area contributed by atoms with E-state index in [9.17, 15) is 4.79 Å². The van der Waals surface area contributed by atoms with Gasteiger partial charge in [0.2, 0.25) is 0 Å². The highest BCUT2D eigenvalue weighted by Crippen LogP contribution is 2.15. The summed E-state index contributed by atoms with van der Waals surface area (Å²) < 4.78 is 5.19. The molecule has 2 atom stereocenters. The third kappa shape index (κ3) is 2.60. The molecule has 15 heavy (non-hydrogen) atoms. The highest BCUT2D eigenvalue weighted by atomic mass is 16.5. The number of nitrogens with one attached hydrogen (secondary N) is 1. The van der Waals surface area contributed by atoms with Crippen molar-refractivity contribution in [3.63, 3.8) is 0 Å². The molecule has 2 unspecified atom stereocenters. The summed E-state index contributed by atoms with van der Waals surface area (Å²) in [5, 5.41) is 11.9. The number of hydrogen-bond donors (Lipinski definition) is 2. The van der Waals surface area contributed by atoms with Gasteiger partial charge in [0.1, 0.15) is 0 Å². The molecule has 0 aromatic carbocycles. The maximum Gasteiger partial charge on any atom is 0.317 e. The van der Waals surface area contributed by atoms with Crippen LogP contribution in [-0.4, -0.2) is 55.0 Å². The van der Waals surface area contributed by atoms with E-state index < -0.39 is 0 Å². The zero-order valence-electron chi connectivity index (χ0n) is 8.82. The quantitative estimate of drug-likeness (QED) is 0.669. The van der Waals surface area contributed by atoms with Crippen LogP contribution in [0.3, 0.4) is 0 Å². The predicted molar refractivity (Wildman–Crippen MR) is 54.5 cm³/mol. The first-order valence-electron chi connectivity index (χ1n) is 5.53. The maximum absolute atomic E-state index is 11.7. The maximum atomic E-state index is 11.7. The Morgan fingerprint density at radius 2 is 2.40 bits per heavy atom. The lowest BCUT2D eigenvalue weighted by molar-refractivity contribution is 0.179. The molecular formula is C10H18N2O3. The summed E-state index contributed by atoms with van der Waals surface area (Å²) in [4.78, 5) is 13.5. The van der Waals surface area contributed by atoms with Gasteiger partial charge in [-0.15, -0.1) is 0 Å². The Hall–Kier alpha value is -0.810. The monoisotopic (exact) mass is 214 g/mol. The molecule has 0 saturated carbocycles. The van der Waals surface area contributed by atoms with E-state index in [1.54, 1.807) is 4.90 Å². The Morgan fingerprint density at radius 1 is 1.53 bits per heavy atom. The molecule has 86 valence electrons. The number of aliphatic hydroxyl groups excluding tert-OH is 1. The summed E-state index contributed by atoms with van der Waals surface area (Å²) in [5.74, 6) is 0.260. The predicted octanol–water partition coefficient (Wildman–Crippen LogP) is -0.201. The van der Waals surface area contributed by atoms with Gasteiger partial charge in [0.15, 0.2) is 0 Å². The molecule has 0 bridgehead atoms. The molecule has 2 aliphatic heterocycles. The standard InChI is InChI=1S/C10H18N2O3/c13-6-8-1-3-12(5-8)10(14)11-9-2-4-15-7-9/h8-9,13H,1-7H2,(H,11,14). The molecular weight excluding hydrogens is 196 g/mol. The Bertz CT molecular complexity index is 229. The normalized spacial score (nSPS) is 30.9. The van der Waals surface area contributed by atoms with Crippen LogP contribution in [0.15, 0.2) is 0 Å². The average molecular weight is 214 g/mol. The lowest BCUT2D eigenvalue weighted by Gasteiger charge is -2.19. The molecule has 2 heterocycles. The van der Waals surface area contributed by atoms with Crippen molar-refractivity contribution in [1.29, 1.82) is 0 Å². The van der Waals surface area contributed by atoms with Gasteiger partial charge in [-0.05, 0) is 12.8 Å². The molecule has 0 aliphatic carbocycles. The van der Waals surface area contributed by atoms with Crippen LogP contribution in [0.1, 0.15) is 12.8 Å². The van der Waals surface area contributed by atoms with Crippen LogP contribution >= 0.6 is 0 Å². The minimum atomic E-state index is -0.0125. The van der Waals surface area contributed by atoms with E-state index >= 15 is 0 Å². The number of nitrogens with zero attached hydrogens (tertiary/aromatic N) is 1. The second kappa shape index (κ2) is 4.81. The van der Waals surface area contributed by atoms with Crippen molar-refractivity contribution >= 4 is 6.03 Å². The third-order valence-corrected chi connectivity index (χ3v) is 3.09. The highest BCUT2D eigenvalue weighted by Gasteiger charge is 2.27. The van der Waals surface area contributed by atoms with E-state index in [-0.39, 0.29) is 24.6 Å². The van der Waals surface area contributed by atoms with Crippen LogP contribution in [0, 0.1) is 5.92 Å². The van der Waals surface area contributed by atoms with Crippen LogP contribution in [0.5, 0.6) is 0 Å². The highest BCUT2D eigenvalue weighted by molar-refractivity contribution is 5.74. The Balaban J connectivity index is 1.76. The molecule has 2 fully saturated rings. The summed E-state index contributed by atoms with van der Waals surface area (Å²) in [6.45, 7) is 2.98. The lowest BCUT2D eigenvalue weighted by Crippen LogP contribution is -2.44. The molecule has 0 spiro atoms. The van der Waals surface area contributed by atoms with Gasteiger partial charge >= 0.3 is 6.03 Å². The van der Waals surface area contributed by atoms with E-state index in [1.165, 1.54) is 0 Å². The van der Waals surface area contributed by atoms with Gasteiger partial charge in [-0.1, -0.05) is 0 Å². The SMILES string of the molecule is O=C(NC1CCOC1)N1CCC(CO)C1. The first-order valence-corrected chi connectivity index (χ1v) is 5.53.